The summed E-state index contributed by atoms with van der Waals surface area (Å²) in [5.41, 5.74) is 4.64. The van der Waals surface area contributed by atoms with Gasteiger partial charge in [0.15, 0.2) is 6.61 Å². The molecule has 1 heterocycles. The van der Waals surface area contributed by atoms with E-state index in [1.165, 1.54) is 11.1 Å². The Morgan fingerprint density at radius 1 is 1.03 bits per heavy atom. The van der Waals surface area contributed by atoms with Crippen molar-refractivity contribution in [2.75, 3.05) is 6.61 Å². The third kappa shape index (κ3) is 5.17. The number of hydrogen-bond acceptors (Lipinski definition) is 4. The van der Waals surface area contributed by atoms with Crippen LogP contribution in [0.4, 0.5) is 0 Å². The van der Waals surface area contributed by atoms with E-state index in [0.717, 1.165) is 42.6 Å². The second-order valence-electron chi connectivity index (χ2n) is 9.78. The Hall–Kier alpha value is -3.57. The predicted molar refractivity (Wildman–Crippen MR) is 139 cm³/mol. The summed E-state index contributed by atoms with van der Waals surface area (Å²) in [5.74, 6) is 1.21. The molecule has 3 aromatic carbocycles. The van der Waals surface area contributed by atoms with E-state index in [-0.39, 0.29) is 18.1 Å². The van der Waals surface area contributed by atoms with E-state index in [9.17, 15) is 9.90 Å². The van der Waals surface area contributed by atoms with Gasteiger partial charge in [-0.3, -0.25) is 0 Å². The number of hydrogen-bond donors (Lipinski definition) is 1. The Balaban J connectivity index is 1.52. The van der Waals surface area contributed by atoms with Crippen molar-refractivity contribution in [2.24, 2.45) is 5.92 Å². The average molecular weight is 485 g/mol. The maximum Gasteiger partial charge on any atom is 0.341 e. The summed E-state index contributed by atoms with van der Waals surface area (Å²) < 4.78 is 18.7. The molecule has 5 rings (SSSR count). The number of ether oxygens (including phenoxy) is 3. The zero-order valence-electron chi connectivity index (χ0n) is 20.6. The minimum Gasteiger partial charge on any atom is -0.482 e. The Labute approximate surface area is 212 Å². The van der Waals surface area contributed by atoms with Crippen LogP contribution in [0.15, 0.2) is 84.9 Å². The van der Waals surface area contributed by atoms with Gasteiger partial charge >= 0.3 is 5.97 Å². The molecule has 1 saturated heterocycles. The van der Waals surface area contributed by atoms with Gasteiger partial charge in [0.25, 0.3) is 0 Å². The molecular formula is C31H32O5. The second kappa shape index (κ2) is 10.6. The van der Waals surface area contributed by atoms with Crippen LogP contribution in [0.1, 0.15) is 54.9 Å². The summed E-state index contributed by atoms with van der Waals surface area (Å²) in [6, 6.07) is 23.8. The minimum absolute atomic E-state index is 0.0524. The standard InChI is InChI=1S/C31H32O5/c1-20(2)25-18-26-24-13-7-6-9-21(24)10-8-14-29(26)36-31(25)27-17-23(35-22-11-4-3-5-12-22)15-16-28(27)34-19-30(32)33/h3-7,9,11-13,15-17,25-26,29,31H,1,8,10,14,18-19H2,2H3,(H,32,33)/t25-,26-,29+,31+/m1/s1. The smallest absolute Gasteiger partial charge is 0.341 e. The fourth-order valence-corrected chi connectivity index (χ4v) is 5.60. The van der Waals surface area contributed by atoms with E-state index in [1.807, 2.05) is 43.3 Å². The normalized spacial score (nSPS) is 23.0. The number of para-hydroxylation sites is 1. The lowest BCUT2D eigenvalue weighted by molar-refractivity contribution is -0.139. The molecule has 3 aromatic rings. The third-order valence-corrected chi connectivity index (χ3v) is 7.28. The largest absolute Gasteiger partial charge is 0.482 e. The monoisotopic (exact) mass is 484 g/mol. The molecule has 0 radical (unpaired) electrons. The van der Waals surface area contributed by atoms with Gasteiger partial charge in [-0.2, -0.15) is 0 Å². The molecular weight excluding hydrogens is 452 g/mol. The van der Waals surface area contributed by atoms with Crippen LogP contribution in [0.5, 0.6) is 17.2 Å². The summed E-state index contributed by atoms with van der Waals surface area (Å²) in [4.78, 5) is 11.3. The van der Waals surface area contributed by atoms with Gasteiger partial charge in [0.2, 0.25) is 0 Å². The van der Waals surface area contributed by atoms with Crippen molar-refractivity contribution in [1.29, 1.82) is 0 Å². The zero-order chi connectivity index (χ0) is 25.1. The molecule has 0 bridgehead atoms. The molecule has 1 aliphatic heterocycles. The van der Waals surface area contributed by atoms with Crippen molar-refractivity contribution >= 4 is 5.97 Å². The van der Waals surface area contributed by atoms with Crippen LogP contribution in [-0.4, -0.2) is 23.8 Å². The van der Waals surface area contributed by atoms with Crippen molar-refractivity contribution in [1.82, 2.24) is 0 Å². The van der Waals surface area contributed by atoms with E-state index < -0.39 is 12.6 Å². The van der Waals surface area contributed by atoms with Crippen LogP contribution in [-0.2, 0) is 16.0 Å². The van der Waals surface area contributed by atoms with Gasteiger partial charge in [0.05, 0.1) is 12.2 Å². The molecule has 0 spiro atoms. The number of carboxylic acid groups (broad SMARTS) is 1. The highest BCUT2D eigenvalue weighted by molar-refractivity contribution is 5.68. The van der Waals surface area contributed by atoms with E-state index in [4.69, 9.17) is 14.2 Å². The lowest BCUT2D eigenvalue weighted by Gasteiger charge is -2.43. The quantitative estimate of drug-likeness (QED) is 0.363. The lowest BCUT2D eigenvalue weighted by atomic mass is 9.75. The third-order valence-electron chi connectivity index (χ3n) is 7.28. The maximum absolute atomic E-state index is 11.3. The first-order valence-corrected chi connectivity index (χ1v) is 12.6. The minimum atomic E-state index is -1.02. The summed E-state index contributed by atoms with van der Waals surface area (Å²) >= 11 is 0. The second-order valence-corrected chi connectivity index (χ2v) is 9.78. The Kier molecular flexibility index (Phi) is 7.10. The molecule has 0 unspecified atom stereocenters. The van der Waals surface area contributed by atoms with Crippen LogP contribution in [0.25, 0.3) is 0 Å². The molecule has 0 amide bonds. The van der Waals surface area contributed by atoms with Gasteiger partial charge in [0, 0.05) is 17.4 Å². The van der Waals surface area contributed by atoms with Crippen LogP contribution in [0.3, 0.4) is 0 Å². The summed E-state index contributed by atoms with van der Waals surface area (Å²) in [5, 5.41) is 9.25. The van der Waals surface area contributed by atoms with E-state index in [1.54, 1.807) is 12.1 Å². The van der Waals surface area contributed by atoms with Crippen LogP contribution >= 0.6 is 0 Å². The molecule has 36 heavy (non-hydrogen) atoms. The summed E-state index contributed by atoms with van der Waals surface area (Å²) in [6.07, 6.45) is 3.79. The van der Waals surface area contributed by atoms with Crippen molar-refractivity contribution < 1.29 is 24.1 Å². The Morgan fingerprint density at radius 2 is 1.81 bits per heavy atom. The van der Waals surface area contributed by atoms with Crippen LogP contribution in [0, 0.1) is 5.92 Å². The first kappa shape index (κ1) is 24.1. The van der Waals surface area contributed by atoms with Crippen LogP contribution < -0.4 is 9.47 Å². The molecule has 1 aliphatic carbocycles. The molecule has 2 aliphatic rings. The van der Waals surface area contributed by atoms with Gasteiger partial charge in [-0.05, 0) is 74.1 Å². The number of benzene rings is 3. The molecule has 5 nitrogen and oxygen atoms in total. The van der Waals surface area contributed by atoms with Crippen molar-refractivity contribution in [3.63, 3.8) is 0 Å². The highest BCUT2D eigenvalue weighted by atomic mass is 16.5. The number of carboxylic acids is 1. The fourth-order valence-electron chi connectivity index (χ4n) is 5.60. The number of aryl methyl sites for hydroxylation is 1. The molecule has 0 saturated carbocycles. The highest BCUT2D eigenvalue weighted by Crippen LogP contribution is 2.51. The SMILES string of the molecule is C=C(C)[C@H]1C[C@@H]2c3ccccc3CCC[C@@H]2O[C@@H]1c1cc(Oc2ccccc2)ccc1OCC(=O)O. The van der Waals surface area contributed by atoms with Gasteiger partial charge in [-0.25, -0.2) is 4.79 Å². The lowest BCUT2D eigenvalue weighted by Crippen LogP contribution is -2.36. The number of aliphatic carboxylic acids is 1. The maximum atomic E-state index is 11.3. The summed E-state index contributed by atoms with van der Waals surface area (Å²) in [7, 11) is 0. The van der Waals surface area contributed by atoms with Crippen molar-refractivity contribution in [3.8, 4) is 17.2 Å². The van der Waals surface area contributed by atoms with E-state index in [2.05, 4.69) is 30.8 Å². The van der Waals surface area contributed by atoms with Crippen molar-refractivity contribution in [2.45, 2.75) is 50.7 Å². The Bertz CT molecular complexity index is 1230. The first-order valence-electron chi connectivity index (χ1n) is 12.6. The molecule has 1 fully saturated rings. The van der Waals surface area contributed by atoms with E-state index in [0.29, 0.717) is 17.4 Å². The molecule has 4 atom stereocenters. The van der Waals surface area contributed by atoms with Gasteiger partial charge < -0.3 is 19.3 Å². The van der Waals surface area contributed by atoms with Gasteiger partial charge in [0.1, 0.15) is 17.2 Å². The average Bonchev–Trinajstić information content (AvgIpc) is 3.06. The van der Waals surface area contributed by atoms with E-state index >= 15 is 0 Å². The fraction of sp³-hybridized carbons (Fsp3) is 0.323. The molecule has 0 aromatic heterocycles. The molecule has 1 N–H and O–H groups in total. The molecule has 5 heteroatoms. The van der Waals surface area contributed by atoms with Crippen molar-refractivity contribution in [3.05, 3.63) is 102 Å². The Morgan fingerprint density at radius 3 is 2.58 bits per heavy atom. The summed E-state index contributed by atoms with van der Waals surface area (Å²) in [6.45, 7) is 5.95. The first-order chi connectivity index (χ1) is 17.5. The number of rotatable bonds is 7. The number of fused-ring (bicyclic) bond motifs is 3. The van der Waals surface area contributed by atoms with Gasteiger partial charge in [-0.1, -0.05) is 54.6 Å². The van der Waals surface area contributed by atoms with Gasteiger partial charge in [-0.15, -0.1) is 0 Å². The predicted octanol–water partition coefficient (Wildman–Crippen LogP) is 7.08. The van der Waals surface area contributed by atoms with Crippen LogP contribution in [0.2, 0.25) is 0 Å². The number of carbonyl (C=O) groups is 1. The molecule has 186 valence electrons. The zero-order valence-corrected chi connectivity index (χ0v) is 20.6. The topological polar surface area (TPSA) is 65.0 Å². The highest BCUT2D eigenvalue weighted by Gasteiger charge is 2.42.